The average Bonchev–Trinajstić information content (AvgIpc) is 2.70. The smallest absolute Gasteiger partial charge is 0.226 e. The van der Waals surface area contributed by atoms with Gasteiger partial charge in [0, 0.05) is 13.6 Å². The molecule has 1 saturated carbocycles. The van der Waals surface area contributed by atoms with Gasteiger partial charge in [0.2, 0.25) is 5.91 Å². The summed E-state index contributed by atoms with van der Waals surface area (Å²) in [6.07, 6.45) is 6.78. The summed E-state index contributed by atoms with van der Waals surface area (Å²) in [6.45, 7) is 0.801. The minimum absolute atomic E-state index is 0.0293. The zero-order valence-corrected chi connectivity index (χ0v) is 11.9. The van der Waals surface area contributed by atoms with Gasteiger partial charge in [0.15, 0.2) is 9.84 Å². The molecule has 1 aliphatic carbocycles. The molecular formula is C13H23NO3S. The number of nitrogens with zero attached hydrogens (tertiary/aromatic N) is 1. The van der Waals surface area contributed by atoms with E-state index in [2.05, 4.69) is 0 Å². The zero-order chi connectivity index (χ0) is 13.2. The Morgan fingerprint density at radius 1 is 1.17 bits per heavy atom. The van der Waals surface area contributed by atoms with Crippen molar-refractivity contribution in [3.05, 3.63) is 0 Å². The van der Waals surface area contributed by atoms with Gasteiger partial charge < -0.3 is 4.90 Å². The third kappa shape index (κ3) is 3.46. The molecule has 0 aromatic rings. The summed E-state index contributed by atoms with van der Waals surface area (Å²) in [7, 11) is -1.13. The van der Waals surface area contributed by atoms with Gasteiger partial charge in [-0.25, -0.2) is 8.42 Å². The highest BCUT2D eigenvalue weighted by Crippen LogP contribution is 2.26. The Labute approximate surface area is 110 Å². The number of sulfone groups is 1. The molecule has 2 rings (SSSR count). The maximum atomic E-state index is 12.2. The molecule has 0 aromatic heterocycles. The number of amides is 1. The maximum Gasteiger partial charge on any atom is 0.226 e. The summed E-state index contributed by atoms with van der Waals surface area (Å²) in [4.78, 5) is 13.9. The van der Waals surface area contributed by atoms with Crippen LogP contribution in [0.3, 0.4) is 0 Å². The van der Waals surface area contributed by atoms with Crippen molar-refractivity contribution < 1.29 is 13.2 Å². The predicted molar refractivity (Wildman–Crippen MR) is 71.0 cm³/mol. The molecule has 4 nitrogen and oxygen atoms in total. The molecule has 1 aliphatic heterocycles. The van der Waals surface area contributed by atoms with Crippen molar-refractivity contribution in [3.8, 4) is 0 Å². The molecule has 1 heterocycles. The molecule has 0 aromatic carbocycles. The summed E-state index contributed by atoms with van der Waals surface area (Å²) < 4.78 is 22.8. The predicted octanol–water partition coefficient (Wildman–Crippen LogP) is 1.46. The monoisotopic (exact) mass is 273 g/mol. The van der Waals surface area contributed by atoms with E-state index in [-0.39, 0.29) is 23.3 Å². The first-order valence-electron chi connectivity index (χ1n) is 6.93. The second-order valence-corrected chi connectivity index (χ2v) is 8.05. The molecule has 0 spiro atoms. The Balaban J connectivity index is 1.85. The third-order valence-electron chi connectivity index (χ3n) is 4.21. The van der Waals surface area contributed by atoms with Gasteiger partial charge >= 0.3 is 0 Å². The molecule has 1 saturated heterocycles. The van der Waals surface area contributed by atoms with E-state index >= 15 is 0 Å². The Kier molecular flexibility index (Phi) is 4.30. The summed E-state index contributed by atoms with van der Waals surface area (Å²) in [5.41, 5.74) is 0. The van der Waals surface area contributed by atoms with Crippen molar-refractivity contribution in [2.75, 3.05) is 25.1 Å². The van der Waals surface area contributed by atoms with Crippen molar-refractivity contribution in [1.29, 1.82) is 0 Å². The lowest BCUT2D eigenvalue weighted by Gasteiger charge is -2.28. The highest BCUT2D eigenvalue weighted by atomic mass is 32.2. The van der Waals surface area contributed by atoms with Crippen LogP contribution in [0.5, 0.6) is 0 Å². The van der Waals surface area contributed by atoms with E-state index in [0.717, 1.165) is 6.54 Å². The average molecular weight is 273 g/mol. The second kappa shape index (κ2) is 5.59. The van der Waals surface area contributed by atoms with Crippen molar-refractivity contribution in [1.82, 2.24) is 4.90 Å². The van der Waals surface area contributed by atoms with E-state index in [1.165, 1.54) is 32.1 Å². The lowest BCUT2D eigenvalue weighted by Crippen LogP contribution is -2.37. The third-order valence-corrected chi connectivity index (χ3v) is 5.98. The molecule has 1 atom stereocenters. The summed E-state index contributed by atoms with van der Waals surface area (Å²) in [5.74, 6) is 0.595. The minimum Gasteiger partial charge on any atom is -0.345 e. The lowest BCUT2D eigenvalue weighted by atomic mass is 9.89. The highest BCUT2D eigenvalue weighted by molar-refractivity contribution is 7.91. The first-order chi connectivity index (χ1) is 8.48. The fourth-order valence-corrected chi connectivity index (χ4v) is 4.88. The van der Waals surface area contributed by atoms with Crippen LogP contribution in [0.1, 0.15) is 38.5 Å². The van der Waals surface area contributed by atoms with E-state index in [1.807, 2.05) is 7.05 Å². The van der Waals surface area contributed by atoms with E-state index in [9.17, 15) is 13.2 Å². The Morgan fingerprint density at radius 2 is 1.83 bits per heavy atom. The topological polar surface area (TPSA) is 54.5 Å². The van der Waals surface area contributed by atoms with Gasteiger partial charge in [-0.05, 0) is 25.2 Å². The molecule has 0 radical (unpaired) electrons. The van der Waals surface area contributed by atoms with E-state index in [0.29, 0.717) is 12.3 Å². The first kappa shape index (κ1) is 13.8. The zero-order valence-electron chi connectivity index (χ0n) is 11.1. The van der Waals surface area contributed by atoms with Crippen LogP contribution in [0.4, 0.5) is 0 Å². The van der Waals surface area contributed by atoms with Crippen LogP contribution in [-0.2, 0) is 14.6 Å². The van der Waals surface area contributed by atoms with Gasteiger partial charge in [-0.3, -0.25) is 4.79 Å². The van der Waals surface area contributed by atoms with Crippen molar-refractivity contribution >= 4 is 15.7 Å². The Hall–Kier alpha value is -0.580. The highest BCUT2D eigenvalue weighted by Gasteiger charge is 2.34. The van der Waals surface area contributed by atoms with Crippen molar-refractivity contribution in [2.45, 2.75) is 38.5 Å². The minimum atomic E-state index is -2.95. The van der Waals surface area contributed by atoms with Gasteiger partial charge in [-0.2, -0.15) is 0 Å². The van der Waals surface area contributed by atoms with Crippen molar-refractivity contribution in [3.63, 3.8) is 0 Å². The summed E-state index contributed by atoms with van der Waals surface area (Å²) in [6, 6.07) is 0. The van der Waals surface area contributed by atoms with E-state index in [4.69, 9.17) is 0 Å². The second-order valence-electron chi connectivity index (χ2n) is 5.82. The molecular weight excluding hydrogens is 250 g/mol. The van der Waals surface area contributed by atoms with E-state index < -0.39 is 9.84 Å². The van der Waals surface area contributed by atoms with Gasteiger partial charge in [0.25, 0.3) is 0 Å². The standard InChI is InChI=1S/C13H23NO3S/c1-14(9-11-5-3-2-4-6-11)13(15)12-7-8-18(16,17)10-12/h11-12H,2-10H2,1H3/t12-/m1/s1. The summed E-state index contributed by atoms with van der Waals surface area (Å²) in [5, 5.41) is 0. The molecule has 2 aliphatic rings. The van der Waals surface area contributed by atoms with Gasteiger partial charge in [0.1, 0.15) is 0 Å². The van der Waals surface area contributed by atoms with Crippen LogP contribution in [0.25, 0.3) is 0 Å². The van der Waals surface area contributed by atoms with Crippen LogP contribution in [0.15, 0.2) is 0 Å². The molecule has 0 unspecified atom stereocenters. The molecule has 2 fully saturated rings. The van der Waals surface area contributed by atoms with Crippen LogP contribution in [-0.4, -0.2) is 44.3 Å². The lowest BCUT2D eigenvalue weighted by molar-refractivity contribution is -0.134. The maximum absolute atomic E-state index is 12.2. The molecule has 0 N–H and O–H groups in total. The van der Waals surface area contributed by atoms with Gasteiger partial charge in [-0.15, -0.1) is 0 Å². The number of hydrogen-bond donors (Lipinski definition) is 0. The first-order valence-corrected chi connectivity index (χ1v) is 8.75. The molecule has 1 amide bonds. The molecule has 5 heteroatoms. The largest absolute Gasteiger partial charge is 0.345 e. The van der Waals surface area contributed by atoms with Crippen LogP contribution >= 0.6 is 0 Å². The van der Waals surface area contributed by atoms with Crippen molar-refractivity contribution in [2.24, 2.45) is 11.8 Å². The number of carbonyl (C=O) groups excluding carboxylic acids is 1. The fourth-order valence-electron chi connectivity index (χ4n) is 3.15. The van der Waals surface area contributed by atoms with Gasteiger partial charge in [0.05, 0.1) is 17.4 Å². The quantitative estimate of drug-likeness (QED) is 0.782. The normalized spacial score (nSPS) is 28.2. The summed E-state index contributed by atoms with van der Waals surface area (Å²) >= 11 is 0. The number of carbonyl (C=O) groups is 1. The molecule has 104 valence electrons. The SMILES string of the molecule is CN(CC1CCCCC1)C(=O)[C@@H]1CCS(=O)(=O)C1. The molecule has 18 heavy (non-hydrogen) atoms. The van der Waals surface area contributed by atoms with E-state index in [1.54, 1.807) is 4.90 Å². The van der Waals surface area contributed by atoms with Gasteiger partial charge in [-0.1, -0.05) is 19.3 Å². The number of rotatable bonds is 3. The van der Waals surface area contributed by atoms with Crippen LogP contribution < -0.4 is 0 Å². The van der Waals surface area contributed by atoms with Crippen LogP contribution in [0, 0.1) is 11.8 Å². The Bertz CT molecular complexity index is 398. The molecule has 0 bridgehead atoms. The van der Waals surface area contributed by atoms with Crippen LogP contribution in [0.2, 0.25) is 0 Å². The fraction of sp³-hybridized carbons (Fsp3) is 0.923. The number of hydrogen-bond acceptors (Lipinski definition) is 3. The Morgan fingerprint density at radius 3 is 2.39 bits per heavy atom.